The molecular formula is C14H13Cl2NO4. The predicted octanol–water partition coefficient (Wildman–Crippen LogP) is 2.81. The molecule has 1 amide bonds. The van der Waals surface area contributed by atoms with E-state index in [4.69, 9.17) is 27.9 Å². The first-order valence-corrected chi connectivity index (χ1v) is 7.37. The molecule has 0 aromatic heterocycles. The monoisotopic (exact) mass is 329 g/mol. The van der Waals surface area contributed by atoms with E-state index < -0.39 is 17.8 Å². The fraction of sp³-hybridized carbons (Fsp3) is 0.429. The summed E-state index contributed by atoms with van der Waals surface area (Å²) in [6, 6.07) is 4.73. The highest BCUT2D eigenvalue weighted by Crippen LogP contribution is 2.44. The van der Waals surface area contributed by atoms with Crippen molar-refractivity contribution in [1.29, 1.82) is 0 Å². The Labute approximate surface area is 131 Å². The van der Waals surface area contributed by atoms with Gasteiger partial charge in [-0.2, -0.15) is 0 Å². The maximum atomic E-state index is 12.4. The van der Waals surface area contributed by atoms with Gasteiger partial charge in [-0.05, 0) is 31.0 Å². The van der Waals surface area contributed by atoms with Gasteiger partial charge in [-0.1, -0.05) is 23.2 Å². The minimum atomic E-state index is -0.989. The summed E-state index contributed by atoms with van der Waals surface area (Å²) < 4.78 is 5.57. The molecule has 2 heterocycles. The molecule has 112 valence electrons. The third kappa shape index (κ3) is 2.61. The number of rotatable bonds is 3. The van der Waals surface area contributed by atoms with Gasteiger partial charge in [0.05, 0.1) is 34.1 Å². The van der Waals surface area contributed by atoms with Crippen molar-refractivity contribution in [3.63, 3.8) is 0 Å². The molecule has 0 saturated carbocycles. The second kappa shape index (κ2) is 5.48. The third-order valence-corrected chi connectivity index (χ3v) is 4.79. The Morgan fingerprint density at radius 1 is 1.14 bits per heavy atom. The van der Waals surface area contributed by atoms with Crippen molar-refractivity contribution in [3.05, 3.63) is 28.2 Å². The van der Waals surface area contributed by atoms with Crippen molar-refractivity contribution in [3.8, 4) is 0 Å². The molecule has 2 aliphatic rings. The summed E-state index contributed by atoms with van der Waals surface area (Å²) in [4.78, 5) is 23.7. The van der Waals surface area contributed by atoms with Gasteiger partial charge < -0.3 is 15.2 Å². The Morgan fingerprint density at radius 3 is 2.43 bits per heavy atom. The molecule has 4 atom stereocenters. The molecule has 1 aromatic carbocycles. The van der Waals surface area contributed by atoms with Crippen LogP contribution in [0.25, 0.3) is 0 Å². The summed E-state index contributed by atoms with van der Waals surface area (Å²) in [5.41, 5.74) is 0.487. The van der Waals surface area contributed by atoms with Crippen molar-refractivity contribution in [2.75, 3.05) is 5.32 Å². The zero-order chi connectivity index (χ0) is 15.1. The third-order valence-electron chi connectivity index (χ3n) is 4.05. The van der Waals surface area contributed by atoms with E-state index in [9.17, 15) is 14.7 Å². The van der Waals surface area contributed by atoms with E-state index in [-0.39, 0.29) is 18.1 Å². The number of carbonyl (C=O) groups excluding carboxylic acids is 1. The Morgan fingerprint density at radius 2 is 1.81 bits per heavy atom. The van der Waals surface area contributed by atoms with Gasteiger partial charge in [0.25, 0.3) is 0 Å². The number of hydrogen-bond acceptors (Lipinski definition) is 3. The lowest BCUT2D eigenvalue weighted by Gasteiger charge is -2.23. The van der Waals surface area contributed by atoms with Gasteiger partial charge in [-0.25, -0.2) is 0 Å². The normalized spacial score (nSPS) is 30.4. The van der Waals surface area contributed by atoms with Crippen molar-refractivity contribution >= 4 is 40.8 Å². The van der Waals surface area contributed by atoms with Crippen LogP contribution in [-0.4, -0.2) is 29.2 Å². The number of carboxylic acids is 1. The topological polar surface area (TPSA) is 75.6 Å². The lowest BCUT2D eigenvalue weighted by atomic mass is 9.78. The Hall–Kier alpha value is -1.30. The summed E-state index contributed by atoms with van der Waals surface area (Å²) in [7, 11) is 0. The Kier molecular flexibility index (Phi) is 3.82. The van der Waals surface area contributed by atoms with Gasteiger partial charge in [0.2, 0.25) is 5.91 Å². The van der Waals surface area contributed by atoms with Crippen LogP contribution in [0, 0.1) is 11.8 Å². The fourth-order valence-electron chi connectivity index (χ4n) is 3.12. The molecule has 2 N–H and O–H groups in total. The molecule has 3 rings (SSSR count). The highest BCUT2D eigenvalue weighted by atomic mass is 35.5. The number of carbonyl (C=O) groups is 2. The number of hydrogen-bond donors (Lipinski definition) is 2. The molecule has 1 aromatic rings. The number of benzene rings is 1. The largest absolute Gasteiger partial charge is 0.481 e. The minimum Gasteiger partial charge on any atom is -0.481 e. The van der Waals surface area contributed by atoms with E-state index in [0.29, 0.717) is 28.6 Å². The molecule has 7 heteroatoms. The van der Waals surface area contributed by atoms with Crippen LogP contribution in [0.15, 0.2) is 18.2 Å². The summed E-state index contributed by atoms with van der Waals surface area (Å²) in [5.74, 6) is -2.80. The van der Waals surface area contributed by atoms with Crippen molar-refractivity contribution in [2.24, 2.45) is 11.8 Å². The van der Waals surface area contributed by atoms with Crippen molar-refractivity contribution < 1.29 is 19.4 Å². The first kappa shape index (κ1) is 14.6. The zero-order valence-corrected chi connectivity index (χ0v) is 12.4. The number of amides is 1. The van der Waals surface area contributed by atoms with Crippen LogP contribution in [0.1, 0.15) is 12.8 Å². The molecule has 2 aliphatic heterocycles. The summed E-state index contributed by atoms with van der Waals surface area (Å²) in [6.07, 6.45) is 0.724. The zero-order valence-electron chi connectivity index (χ0n) is 10.9. The van der Waals surface area contributed by atoms with E-state index in [2.05, 4.69) is 5.32 Å². The van der Waals surface area contributed by atoms with Crippen LogP contribution in [-0.2, 0) is 14.3 Å². The fourth-order valence-corrected chi connectivity index (χ4v) is 3.42. The molecule has 0 spiro atoms. The number of halogens is 2. The van der Waals surface area contributed by atoms with Crippen LogP contribution in [0.5, 0.6) is 0 Å². The second-order valence-corrected chi connectivity index (χ2v) is 6.11. The SMILES string of the molecule is O=C(O)[C@@H]1[C@H](C(=O)Nc2ccc(Cl)c(Cl)c2)[C@@H]2CC[C@H]1O2. The maximum Gasteiger partial charge on any atom is 0.310 e. The second-order valence-electron chi connectivity index (χ2n) is 5.30. The molecular weight excluding hydrogens is 317 g/mol. The number of nitrogens with one attached hydrogen (secondary N) is 1. The molecule has 21 heavy (non-hydrogen) atoms. The summed E-state index contributed by atoms with van der Waals surface area (Å²) >= 11 is 11.7. The van der Waals surface area contributed by atoms with Crippen LogP contribution in [0.4, 0.5) is 5.69 Å². The van der Waals surface area contributed by atoms with Gasteiger partial charge in [0, 0.05) is 5.69 Å². The minimum absolute atomic E-state index is 0.320. The quantitative estimate of drug-likeness (QED) is 0.894. The van der Waals surface area contributed by atoms with E-state index in [1.54, 1.807) is 12.1 Å². The van der Waals surface area contributed by atoms with Crippen LogP contribution in [0.2, 0.25) is 10.0 Å². The van der Waals surface area contributed by atoms with Gasteiger partial charge in [0.15, 0.2) is 0 Å². The average molecular weight is 330 g/mol. The number of ether oxygens (including phenoxy) is 1. The van der Waals surface area contributed by atoms with Crippen LogP contribution < -0.4 is 5.32 Å². The maximum absolute atomic E-state index is 12.4. The molecule has 2 fully saturated rings. The lowest BCUT2D eigenvalue weighted by Crippen LogP contribution is -2.40. The van der Waals surface area contributed by atoms with E-state index in [1.165, 1.54) is 6.07 Å². The lowest BCUT2D eigenvalue weighted by molar-refractivity contribution is -0.147. The average Bonchev–Trinajstić information content (AvgIpc) is 3.03. The standard InChI is InChI=1S/C14H13Cl2NO4/c15-7-2-1-6(5-8(7)16)17-13(18)11-9-3-4-10(21-9)12(11)14(19)20/h1-2,5,9-12H,3-4H2,(H,17,18)(H,19,20)/t9-,10+,11+,12-/m0/s1. The van der Waals surface area contributed by atoms with Crippen molar-refractivity contribution in [2.45, 2.75) is 25.0 Å². The Bertz CT molecular complexity index is 607. The predicted molar refractivity (Wildman–Crippen MR) is 77.6 cm³/mol. The highest BCUT2D eigenvalue weighted by Gasteiger charge is 2.55. The van der Waals surface area contributed by atoms with E-state index >= 15 is 0 Å². The van der Waals surface area contributed by atoms with Crippen LogP contribution >= 0.6 is 23.2 Å². The number of aliphatic carboxylic acids is 1. The molecule has 0 aliphatic carbocycles. The van der Waals surface area contributed by atoms with Gasteiger partial charge >= 0.3 is 5.97 Å². The molecule has 0 radical (unpaired) electrons. The Balaban J connectivity index is 1.78. The first-order chi connectivity index (χ1) is 9.97. The van der Waals surface area contributed by atoms with Gasteiger partial charge in [-0.3, -0.25) is 9.59 Å². The van der Waals surface area contributed by atoms with E-state index in [0.717, 1.165) is 0 Å². The highest BCUT2D eigenvalue weighted by molar-refractivity contribution is 6.42. The van der Waals surface area contributed by atoms with Gasteiger partial charge in [-0.15, -0.1) is 0 Å². The smallest absolute Gasteiger partial charge is 0.310 e. The summed E-state index contributed by atoms with van der Waals surface area (Å²) in [6.45, 7) is 0. The molecule has 2 saturated heterocycles. The summed E-state index contributed by atoms with van der Waals surface area (Å²) in [5, 5.41) is 12.7. The van der Waals surface area contributed by atoms with Gasteiger partial charge in [0.1, 0.15) is 0 Å². The number of carboxylic acid groups (broad SMARTS) is 1. The van der Waals surface area contributed by atoms with E-state index in [1.807, 2.05) is 0 Å². The molecule has 0 unspecified atom stereocenters. The molecule has 5 nitrogen and oxygen atoms in total. The first-order valence-electron chi connectivity index (χ1n) is 6.61. The van der Waals surface area contributed by atoms with Crippen LogP contribution in [0.3, 0.4) is 0 Å². The molecule has 2 bridgehead atoms. The number of anilines is 1. The number of fused-ring (bicyclic) bond motifs is 2. The van der Waals surface area contributed by atoms with Crippen molar-refractivity contribution in [1.82, 2.24) is 0 Å².